The summed E-state index contributed by atoms with van der Waals surface area (Å²) in [7, 11) is 0. The molecule has 2 aromatic carbocycles. The van der Waals surface area contributed by atoms with Crippen LogP contribution in [0.3, 0.4) is 0 Å². The summed E-state index contributed by atoms with van der Waals surface area (Å²) in [6, 6.07) is 14.4. The molecule has 0 saturated carbocycles. The number of thioether (sulfide) groups is 1. The zero-order chi connectivity index (χ0) is 20.2. The van der Waals surface area contributed by atoms with Gasteiger partial charge in [0.2, 0.25) is 11.6 Å². The Morgan fingerprint density at radius 3 is 2.72 bits per heavy atom. The summed E-state index contributed by atoms with van der Waals surface area (Å²) in [6.45, 7) is 2.86. The van der Waals surface area contributed by atoms with Gasteiger partial charge in [-0.2, -0.15) is 0 Å². The summed E-state index contributed by atoms with van der Waals surface area (Å²) < 4.78 is 17.3. The van der Waals surface area contributed by atoms with Crippen LogP contribution in [0.25, 0.3) is 5.69 Å². The quantitative estimate of drug-likeness (QED) is 0.489. The number of nitrogens with one attached hydrogen (secondary N) is 1. The fourth-order valence-electron chi connectivity index (χ4n) is 2.87. The molecular weight excluding hydrogens is 394 g/mol. The van der Waals surface area contributed by atoms with E-state index in [0.29, 0.717) is 42.5 Å². The van der Waals surface area contributed by atoms with E-state index < -0.39 is 11.2 Å². The molecule has 29 heavy (non-hydrogen) atoms. The Morgan fingerprint density at radius 2 is 1.97 bits per heavy atom. The Labute approximate surface area is 171 Å². The average Bonchev–Trinajstić information content (AvgIpc) is 3.12. The SMILES string of the molecule is CCC(Sc1c([O-])on[n+]1-c1ccccc1)C(=O)Nc1ccc2c(c1)OCCO2. The highest BCUT2D eigenvalue weighted by molar-refractivity contribution is 8.00. The maximum atomic E-state index is 12.8. The molecule has 1 atom stereocenters. The largest absolute Gasteiger partial charge is 0.538 e. The zero-order valence-electron chi connectivity index (χ0n) is 15.7. The Kier molecular flexibility index (Phi) is 5.57. The van der Waals surface area contributed by atoms with Gasteiger partial charge in [-0.3, -0.25) is 4.79 Å². The first kappa shape index (κ1) is 19.1. The van der Waals surface area contributed by atoms with Crippen molar-refractivity contribution < 1.29 is 28.6 Å². The molecule has 1 unspecified atom stereocenters. The summed E-state index contributed by atoms with van der Waals surface area (Å²) in [5.74, 6) is 0.441. The molecule has 0 radical (unpaired) electrons. The Morgan fingerprint density at radius 1 is 1.21 bits per heavy atom. The number of rotatable bonds is 6. The lowest BCUT2D eigenvalue weighted by Crippen LogP contribution is -2.36. The average molecular weight is 413 g/mol. The van der Waals surface area contributed by atoms with Gasteiger partial charge in [-0.05, 0) is 35.0 Å². The minimum absolute atomic E-state index is 0.227. The molecule has 8 nitrogen and oxygen atoms in total. The molecule has 150 valence electrons. The third-order valence-electron chi connectivity index (χ3n) is 4.30. The van der Waals surface area contributed by atoms with Crippen molar-refractivity contribution in [1.82, 2.24) is 5.27 Å². The van der Waals surface area contributed by atoms with Crippen LogP contribution in [0.5, 0.6) is 17.4 Å². The predicted octanol–water partition coefficient (Wildman–Crippen LogP) is 2.31. The topological polar surface area (TPSA) is 101 Å². The molecule has 1 N–H and O–H groups in total. The van der Waals surface area contributed by atoms with Crippen molar-refractivity contribution in [2.45, 2.75) is 23.6 Å². The van der Waals surface area contributed by atoms with Crippen LogP contribution in [0.4, 0.5) is 5.69 Å². The minimum atomic E-state index is -0.579. The number of hydrogen-bond donors (Lipinski definition) is 1. The summed E-state index contributed by atoms with van der Waals surface area (Å²) in [5.41, 5.74) is 1.28. The van der Waals surface area contributed by atoms with E-state index in [-0.39, 0.29) is 10.9 Å². The van der Waals surface area contributed by atoms with Crippen LogP contribution in [0.1, 0.15) is 13.3 Å². The maximum Gasteiger partial charge on any atom is 0.298 e. The molecular formula is C20H19N3O5S. The van der Waals surface area contributed by atoms with Crippen molar-refractivity contribution in [3.8, 4) is 23.1 Å². The van der Waals surface area contributed by atoms with Crippen LogP contribution in [0.2, 0.25) is 0 Å². The number of para-hydroxylation sites is 1. The molecule has 0 saturated heterocycles. The molecule has 1 aliphatic heterocycles. The van der Waals surface area contributed by atoms with E-state index in [1.54, 1.807) is 18.2 Å². The maximum absolute atomic E-state index is 12.8. The van der Waals surface area contributed by atoms with E-state index in [2.05, 4.69) is 10.6 Å². The third kappa shape index (κ3) is 4.14. The normalized spacial score (nSPS) is 13.7. The van der Waals surface area contributed by atoms with Gasteiger partial charge >= 0.3 is 0 Å². The van der Waals surface area contributed by atoms with Crippen LogP contribution < -0.4 is 24.6 Å². The second-order valence-corrected chi connectivity index (χ2v) is 7.47. The van der Waals surface area contributed by atoms with E-state index >= 15 is 0 Å². The molecule has 3 aromatic rings. The number of anilines is 1. The van der Waals surface area contributed by atoms with Gasteiger partial charge in [0.1, 0.15) is 13.2 Å². The number of hydrogen-bond acceptors (Lipinski definition) is 7. The van der Waals surface area contributed by atoms with Crippen LogP contribution in [-0.4, -0.2) is 29.6 Å². The van der Waals surface area contributed by atoms with Gasteiger partial charge in [0.15, 0.2) is 17.4 Å². The zero-order valence-corrected chi connectivity index (χ0v) is 16.5. The van der Waals surface area contributed by atoms with Crippen molar-refractivity contribution in [3.63, 3.8) is 0 Å². The van der Waals surface area contributed by atoms with Gasteiger partial charge in [0.25, 0.3) is 5.03 Å². The van der Waals surface area contributed by atoms with Crippen molar-refractivity contribution in [2.75, 3.05) is 18.5 Å². The fraction of sp³-hybridized carbons (Fsp3) is 0.250. The van der Waals surface area contributed by atoms with Gasteiger partial charge in [-0.25, -0.2) is 0 Å². The van der Waals surface area contributed by atoms with Crippen molar-refractivity contribution in [2.24, 2.45) is 0 Å². The van der Waals surface area contributed by atoms with E-state index in [1.807, 2.05) is 37.3 Å². The lowest BCUT2D eigenvalue weighted by atomic mass is 10.2. The van der Waals surface area contributed by atoms with E-state index in [9.17, 15) is 9.90 Å². The number of carbonyl (C=O) groups excluding carboxylic acids is 1. The molecule has 4 rings (SSSR count). The summed E-state index contributed by atoms with van der Waals surface area (Å²) in [4.78, 5) is 12.8. The van der Waals surface area contributed by atoms with Crippen LogP contribution in [-0.2, 0) is 4.79 Å². The molecule has 0 spiro atoms. The van der Waals surface area contributed by atoms with Gasteiger partial charge in [-0.1, -0.05) is 25.1 Å². The van der Waals surface area contributed by atoms with Crippen LogP contribution in [0, 0.1) is 0 Å². The summed E-state index contributed by atoms with van der Waals surface area (Å²) in [6.07, 6.45) is 0.514. The highest BCUT2D eigenvalue weighted by Gasteiger charge is 2.28. The van der Waals surface area contributed by atoms with Crippen molar-refractivity contribution >= 4 is 23.4 Å². The van der Waals surface area contributed by atoms with Gasteiger partial charge in [0.05, 0.1) is 10.5 Å². The highest BCUT2D eigenvalue weighted by atomic mass is 32.2. The lowest BCUT2D eigenvalue weighted by Gasteiger charge is -2.19. The molecule has 0 aliphatic carbocycles. The monoisotopic (exact) mass is 413 g/mol. The number of fused-ring (bicyclic) bond motifs is 1. The fourth-order valence-corrected chi connectivity index (χ4v) is 3.85. The standard InChI is InChI=1S/C20H19N3O5S/c1-2-17(18(24)21-13-8-9-15-16(12-13)27-11-10-26-15)29-19-20(25)28-22-23(19)14-6-4-3-5-7-14/h3-9,12,17H,2,10-11H2,1H3,(H-,21,22,24,25). The van der Waals surface area contributed by atoms with E-state index in [4.69, 9.17) is 14.0 Å². The third-order valence-corrected chi connectivity index (χ3v) is 5.69. The summed E-state index contributed by atoms with van der Waals surface area (Å²) in [5, 5.41) is 18.6. The first-order valence-electron chi connectivity index (χ1n) is 9.17. The number of aromatic nitrogens is 2. The lowest BCUT2D eigenvalue weighted by molar-refractivity contribution is -0.705. The summed E-state index contributed by atoms with van der Waals surface area (Å²) >= 11 is 1.13. The van der Waals surface area contributed by atoms with Crippen LogP contribution >= 0.6 is 11.8 Å². The van der Waals surface area contributed by atoms with Crippen molar-refractivity contribution in [3.05, 3.63) is 48.5 Å². The second-order valence-electron chi connectivity index (χ2n) is 6.28. The van der Waals surface area contributed by atoms with Gasteiger partial charge < -0.3 is 24.4 Å². The predicted molar refractivity (Wildman–Crippen MR) is 103 cm³/mol. The Bertz CT molecular complexity index is 1010. The molecule has 0 fully saturated rings. The smallest absolute Gasteiger partial charge is 0.298 e. The molecule has 1 aromatic heterocycles. The Balaban J connectivity index is 1.51. The van der Waals surface area contributed by atoms with E-state index in [1.165, 1.54) is 4.68 Å². The first-order chi connectivity index (χ1) is 14.2. The van der Waals surface area contributed by atoms with Gasteiger partial charge in [-0.15, -0.1) is 0 Å². The molecule has 1 amide bonds. The molecule has 9 heteroatoms. The minimum Gasteiger partial charge on any atom is -0.538 e. The second kappa shape index (κ2) is 8.44. The number of ether oxygens (including phenoxy) is 2. The number of nitrogens with zero attached hydrogens (tertiary/aromatic N) is 2. The van der Waals surface area contributed by atoms with Crippen molar-refractivity contribution in [1.29, 1.82) is 0 Å². The number of amides is 1. The number of carbonyl (C=O) groups is 1. The van der Waals surface area contributed by atoms with Gasteiger partial charge in [0, 0.05) is 23.9 Å². The molecule has 1 aliphatic rings. The first-order valence-corrected chi connectivity index (χ1v) is 10.0. The highest BCUT2D eigenvalue weighted by Crippen LogP contribution is 2.34. The van der Waals surface area contributed by atoms with E-state index in [0.717, 1.165) is 11.8 Å². The molecule has 2 heterocycles. The van der Waals surface area contributed by atoms with Crippen LogP contribution in [0.15, 0.2) is 58.1 Å². The molecule has 0 bridgehead atoms. The Hall–Kier alpha value is -3.20. The number of benzene rings is 2.